The van der Waals surface area contributed by atoms with Crippen LogP contribution in [0.5, 0.6) is 0 Å². The van der Waals surface area contributed by atoms with Gasteiger partial charge in [-0.25, -0.2) is 14.6 Å². The molecule has 41 heavy (non-hydrogen) atoms. The molecular formula is C30H42N8O3. The molecule has 1 unspecified atom stereocenters. The number of likely N-dealkylation sites (tertiary alicyclic amines) is 1. The van der Waals surface area contributed by atoms with Gasteiger partial charge >= 0.3 is 0 Å². The highest BCUT2D eigenvalue weighted by molar-refractivity contribution is 6.13. The number of allylic oxidation sites excluding steroid dienone is 2. The van der Waals surface area contributed by atoms with Crippen molar-refractivity contribution in [3.05, 3.63) is 53.0 Å². The predicted octanol–water partition coefficient (Wildman–Crippen LogP) is 3.92. The second-order valence-electron chi connectivity index (χ2n) is 10.9. The van der Waals surface area contributed by atoms with E-state index in [1.54, 1.807) is 34.6 Å². The van der Waals surface area contributed by atoms with Gasteiger partial charge in [0.05, 0.1) is 17.8 Å². The fraction of sp³-hybridized carbons (Fsp3) is 0.467. The lowest BCUT2D eigenvalue weighted by Crippen LogP contribution is -2.36. The summed E-state index contributed by atoms with van der Waals surface area (Å²) in [5, 5.41) is 7.92. The number of nitrogens with zero attached hydrogens (tertiary/aromatic N) is 6. The van der Waals surface area contributed by atoms with E-state index in [2.05, 4.69) is 46.4 Å². The molecule has 2 aromatic heterocycles. The standard InChI is InChI=1S/C24H30N8O3.C6H12/c1-14-15(2)18(8-7-16(14)10-19(34)30(3)4)28-24(35)21-20-22(25)26-12-27-23(20)32(29-21)17-6-5-9-31(11-17)13-33;1-4-5-6(2)3/h7-8,12-13,17H,5-6,9-11H2,1-4H3,(H,28,35)(H2,25,26,27);4-6H,1-3H3/b;5-4+. The fourth-order valence-corrected chi connectivity index (χ4v) is 4.78. The number of nitrogens with two attached hydrogens (primary N) is 1. The highest BCUT2D eigenvalue weighted by Crippen LogP contribution is 2.29. The third-order valence-corrected chi connectivity index (χ3v) is 7.22. The van der Waals surface area contributed by atoms with Crippen molar-refractivity contribution in [2.45, 2.75) is 59.9 Å². The summed E-state index contributed by atoms with van der Waals surface area (Å²) in [5.74, 6) is 0.459. The number of benzene rings is 1. The lowest BCUT2D eigenvalue weighted by Gasteiger charge is -2.30. The van der Waals surface area contributed by atoms with Crippen LogP contribution >= 0.6 is 0 Å². The Bertz CT molecular complexity index is 1430. The lowest BCUT2D eigenvalue weighted by molar-refractivity contribution is -0.128. The Labute approximate surface area is 241 Å². The Morgan fingerprint density at radius 2 is 1.93 bits per heavy atom. The molecule has 0 spiro atoms. The van der Waals surface area contributed by atoms with Gasteiger partial charge in [-0.2, -0.15) is 5.10 Å². The summed E-state index contributed by atoms with van der Waals surface area (Å²) in [7, 11) is 3.45. The van der Waals surface area contributed by atoms with Gasteiger partial charge in [0, 0.05) is 32.9 Å². The van der Waals surface area contributed by atoms with Crippen molar-refractivity contribution in [2.75, 3.05) is 38.2 Å². The average Bonchev–Trinajstić information content (AvgIpc) is 3.34. The number of piperidine rings is 1. The smallest absolute Gasteiger partial charge is 0.277 e. The van der Waals surface area contributed by atoms with Gasteiger partial charge in [-0.15, -0.1) is 0 Å². The third kappa shape index (κ3) is 7.47. The van der Waals surface area contributed by atoms with Crippen molar-refractivity contribution in [1.82, 2.24) is 29.5 Å². The van der Waals surface area contributed by atoms with E-state index in [9.17, 15) is 14.4 Å². The number of nitrogens with one attached hydrogen (secondary N) is 1. The Morgan fingerprint density at radius 3 is 2.54 bits per heavy atom. The first-order valence-electron chi connectivity index (χ1n) is 13.9. The molecule has 0 radical (unpaired) electrons. The summed E-state index contributed by atoms with van der Waals surface area (Å²) < 4.78 is 1.69. The minimum Gasteiger partial charge on any atom is -0.383 e. The summed E-state index contributed by atoms with van der Waals surface area (Å²) in [4.78, 5) is 48.5. The van der Waals surface area contributed by atoms with Gasteiger partial charge in [0.2, 0.25) is 12.3 Å². The molecule has 1 atom stereocenters. The highest BCUT2D eigenvalue weighted by Gasteiger charge is 2.28. The summed E-state index contributed by atoms with van der Waals surface area (Å²) in [5.41, 5.74) is 10.1. The molecule has 0 aliphatic carbocycles. The monoisotopic (exact) mass is 562 g/mol. The molecule has 4 rings (SSSR count). The molecule has 0 bridgehead atoms. The van der Waals surface area contributed by atoms with E-state index in [4.69, 9.17) is 5.73 Å². The summed E-state index contributed by atoms with van der Waals surface area (Å²) in [6.07, 6.45) is 8.33. The molecule has 1 saturated heterocycles. The van der Waals surface area contributed by atoms with Gasteiger partial charge in [-0.05, 0) is 62.3 Å². The number of fused-ring (bicyclic) bond motifs is 1. The van der Waals surface area contributed by atoms with Crippen LogP contribution in [0.25, 0.3) is 11.0 Å². The van der Waals surface area contributed by atoms with Crippen LogP contribution in [0.4, 0.5) is 11.5 Å². The topological polar surface area (TPSA) is 139 Å². The van der Waals surface area contributed by atoms with E-state index in [-0.39, 0.29) is 29.9 Å². The highest BCUT2D eigenvalue weighted by atomic mass is 16.2. The summed E-state index contributed by atoms with van der Waals surface area (Å²) in [6.45, 7) is 11.4. The largest absolute Gasteiger partial charge is 0.383 e. The van der Waals surface area contributed by atoms with Crippen LogP contribution < -0.4 is 11.1 Å². The second kappa shape index (κ2) is 13.9. The van der Waals surface area contributed by atoms with Gasteiger partial charge in [-0.1, -0.05) is 32.1 Å². The van der Waals surface area contributed by atoms with Crippen molar-refractivity contribution >= 4 is 40.8 Å². The van der Waals surface area contributed by atoms with Crippen molar-refractivity contribution in [3.8, 4) is 0 Å². The Kier molecular flexibility index (Phi) is 10.6. The summed E-state index contributed by atoms with van der Waals surface area (Å²) in [6, 6.07) is 3.52. The quantitative estimate of drug-likeness (QED) is 0.329. The number of hydrogen-bond donors (Lipinski definition) is 2. The molecule has 220 valence electrons. The maximum atomic E-state index is 13.4. The number of amides is 3. The van der Waals surface area contributed by atoms with Gasteiger partial charge in [0.25, 0.3) is 5.91 Å². The molecule has 1 aromatic carbocycles. The number of anilines is 2. The average molecular weight is 563 g/mol. The van der Waals surface area contributed by atoms with Crippen LogP contribution in [0.1, 0.15) is 66.8 Å². The van der Waals surface area contributed by atoms with E-state index in [1.165, 1.54) is 6.33 Å². The first-order chi connectivity index (χ1) is 19.5. The van der Waals surface area contributed by atoms with Crippen molar-refractivity contribution in [2.24, 2.45) is 5.92 Å². The van der Waals surface area contributed by atoms with Crippen LogP contribution in [-0.2, 0) is 16.0 Å². The van der Waals surface area contributed by atoms with E-state index < -0.39 is 5.91 Å². The number of hydrogen-bond acceptors (Lipinski definition) is 7. The van der Waals surface area contributed by atoms with Crippen LogP contribution in [0.2, 0.25) is 0 Å². The van der Waals surface area contributed by atoms with Gasteiger partial charge < -0.3 is 20.9 Å². The number of carbonyl (C=O) groups is 3. The molecule has 1 aliphatic rings. The maximum absolute atomic E-state index is 13.4. The zero-order valence-electron chi connectivity index (χ0n) is 25.1. The number of carbonyl (C=O) groups excluding carboxylic acids is 3. The van der Waals surface area contributed by atoms with Gasteiger partial charge in [-0.3, -0.25) is 14.4 Å². The van der Waals surface area contributed by atoms with Crippen LogP contribution in [0.15, 0.2) is 30.6 Å². The Morgan fingerprint density at radius 1 is 1.20 bits per heavy atom. The first kappa shape index (κ1) is 31.3. The van der Waals surface area contributed by atoms with E-state index in [1.807, 2.05) is 26.8 Å². The minimum atomic E-state index is -0.432. The number of likely N-dealkylation sites (N-methyl/N-ethyl adjacent to an activating group) is 1. The molecule has 3 heterocycles. The van der Waals surface area contributed by atoms with E-state index in [0.29, 0.717) is 29.8 Å². The fourth-order valence-electron chi connectivity index (χ4n) is 4.78. The lowest BCUT2D eigenvalue weighted by atomic mass is 9.98. The van der Waals surface area contributed by atoms with Crippen molar-refractivity contribution in [3.63, 3.8) is 0 Å². The molecule has 3 N–H and O–H groups in total. The molecule has 3 aromatic rings. The van der Waals surface area contributed by atoms with Crippen molar-refractivity contribution in [1.29, 1.82) is 0 Å². The molecule has 3 amide bonds. The first-order valence-corrected chi connectivity index (χ1v) is 13.9. The SMILES string of the molecule is C/C=C/C(C)C.Cc1c(CC(=O)N(C)C)ccc(NC(=O)c2nn(C3CCCN(C=O)C3)c3ncnc(N)c23)c1C. The zero-order chi connectivity index (χ0) is 30.3. The molecule has 1 aliphatic heterocycles. The number of aromatic nitrogens is 4. The minimum absolute atomic E-state index is 0.00706. The van der Waals surface area contributed by atoms with E-state index >= 15 is 0 Å². The molecule has 11 heteroatoms. The van der Waals surface area contributed by atoms with Gasteiger partial charge in [0.15, 0.2) is 11.3 Å². The number of nitrogen functional groups attached to an aromatic ring is 1. The van der Waals surface area contributed by atoms with Crippen LogP contribution in [0.3, 0.4) is 0 Å². The van der Waals surface area contributed by atoms with Crippen molar-refractivity contribution < 1.29 is 14.4 Å². The molecule has 11 nitrogen and oxygen atoms in total. The maximum Gasteiger partial charge on any atom is 0.277 e. The van der Waals surface area contributed by atoms with Crippen LogP contribution in [0, 0.1) is 19.8 Å². The molecular weight excluding hydrogens is 520 g/mol. The zero-order valence-corrected chi connectivity index (χ0v) is 25.1. The Hall–Kier alpha value is -4.28. The molecule has 0 saturated carbocycles. The predicted molar refractivity (Wildman–Crippen MR) is 162 cm³/mol. The molecule has 1 fully saturated rings. The van der Waals surface area contributed by atoms with Crippen LogP contribution in [-0.4, -0.2) is 75.0 Å². The Balaban J connectivity index is 0.000000696. The second-order valence-corrected chi connectivity index (χ2v) is 10.9. The van der Waals surface area contributed by atoms with E-state index in [0.717, 1.165) is 41.9 Å². The number of rotatable bonds is 7. The summed E-state index contributed by atoms with van der Waals surface area (Å²) >= 11 is 0. The third-order valence-electron chi connectivity index (χ3n) is 7.22. The normalized spacial score (nSPS) is 15.1. The van der Waals surface area contributed by atoms with Gasteiger partial charge in [0.1, 0.15) is 12.1 Å².